The van der Waals surface area contributed by atoms with Crippen LogP contribution in [0.1, 0.15) is 54.7 Å². The first-order valence-corrected chi connectivity index (χ1v) is 9.22. The summed E-state index contributed by atoms with van der Waals surface area (Å²) in [6.45, 7) is 1.26. The minimum atomic E-state index is -0.289. The van der Waals surface area contributed by atoms with E-state index in [4.69, 9.17) is 0 Å². The number of amides is 2. The fraction of sp³-hybridized carbons (Fsp3) is 0.579. The van der Waals surface area contributed by atoms with Crippen molar-refractivity contribution >= 4 is 11.8 Å². The molecule has 132 valence electrons. The third-order valence-electron chi connectivity index (χ3n) is 6.35. The fourth-order valence-corrected chi connectivity index (χ4v) is 5.16. The predicted molar refractivity (Wildman–Crippen MR) is 89.1 cm³/mol. The number of rotatable bonds is 2. The molecule has 6 rings (SSSR count). The minimum absolute atomic E-state index is 0.175. The van der Waals surface area contributed by atoms with Crippen LogP contribution in [0, 0.1) is 5.82 Å². The number of imide groups is 1. The van der Waals surface area contributed by atoms with Gasteiger partial charge in [-0.1, -0.05) is 0 Å². The first-order valence-electron chi connectivity index (χ1n) is 9.22. The summed E-state index contributed by atoms with van der Waals surface area (Å²) in [5, 5.41) is 5.97. The van der Waals surface area contributed by atoms with Gasteiger partial charge in [-0.2, -0.15) is 0 Å². The third kappa shape index (κ3) is 2.59. The van der Waals surface area contributed by atoms with Gasteiger partial charge in [0.05, 0.1) is 6.04 Å². The van der Waals surface area contributed by atoms with E-state index in [9.17, 15) is 14.0 Å². The van der Waals surface area contributed by atoms with Crippen LogP contribution >= 0.6 is 0 Å². The number of nitrogens with zero attached hydrogens (tertiary/aromatic N) is 1. The zero-order chi connectivity index (χ0) is 17.1. The summed E-state index contributed by atoms with van der Waals surface area (Å²) in [6, 6.07) is 4.20. The number of piperidine rings is 2. The lowest BCUT2D eigenvalue weighted by atomic mass is 9.72. The van der Waals surface area contributed by atoms with Gasteiger partial charge in [-0.25, -0.2) is 4.39 Å². The molecule has 4 aliphatic heterocycles. The van der Waals surface area contributed by atoms with E-state index < -0.39 is 0 Å². The second-order valence-electron chi connectivity index (χ2n) is 7.97. The Balaban J connectivity index is 1.41. The lowest BCUT2D eigenvalue weighted by Gasteiger charge is -2.47. The summed E-state index contributed by atoms with van der Waals surface area (Å²) in [4.78, 5) is 25.7. The number of fused-ring (bicyclic) bond motifs is 3. The molecule has 4 fully saturated rings. The van der Waals surface area contributed by atoms with Crippen molar-refractivity contribution in [2.75, 3.05) is 0 Å². The highest BCUT2D eigenvalue weighted by Gasteiger charge is 2.41. The molecule has 1 aromatic rings. The van der Waals surface area contributed by atoms with E-state index in [2.05, 4.69) is 15.5 Å². The van der Waals surface area contributed by atoms with E-state index in [-0.39, 0.29) is 23.7 Å². The van der Waals surface area contributed by atoms with E-state index in [1.54, 1.807) is 12.1 Å². The van der Waals surface area contributed by atoms with Gasteiger partial charge in [0.15, 0.2) is 0 Å². The standard InChI is InChI=1S/C19H22FN3O2/c20-12-3-11-8-23(17-1-2-18(24)22-19(17)25)9-16(11)15(6-12)10-4-13-7-14(5-10)21-13/h3,6,10,13-14,17,21H,1-2,4-5,7-9H2,(H,22,24,25). The normalized spacial score (nSPS) is 34.4. The fourth-order valence-electron chi connectivity index (χ4n) is 5.16. The van der Waals surface area contributed by atoms with Crippen LogP contribution in [-0.2, 0) is 22.7 Å². The highest BCUT2D eigenvalue weighted by Crippen LogP contribution is 2.43. The molecule has 5 nitrogen and oxygen atoms in total. The van der Waals surface area contributed by atoms with Gasteiger partial charge in [0.25, 0.3) is 0 Å². The summed E-state index contributed by atoms with van der Waals surface area (Å²) < 4.78 is 14.2. The molecule has 1 saturated carbocycles. The Morgan fingerprint density at radius 1 is 1.08 bits per heavy atom. The molecule has 25 heavy (non-hydrogen) atoms. The van der Waals surface area contributed by atoms with Crippen molar-refractivity contribution in [2.24, 2.45) is 0 Å². The highest BCUT2D eigenvalue weighted by molar-refractivity contribution is 6.00. The van der Waals surface area contributed by atoms with E-state index in [0.29, 0.717) is 43.9 Å². The van der Waals surface area contributed by atoms with Gasteiger partial charge in [-0.15, -0.1) is 0 Å². The summed E-state index contributed by atoms with van der Waals surface area (Å²) in [5.74, 6) is -0.171. The Morgan fingerprint density at radius 2 is 1.84 bits per heavy atom. The van der Waals surface area contributed by atoms with E-state index in [0.717, 1.165) is 24.0 Å². The number of carbonyl (C=O) groups excluding carboxylic acids is 2. The van der Waals surface area contributed by atoms with Gasteiger partial charge in [0.2, 0.25) is 11.8 Å². The molecule has 5 aliphatic rings. The van der Waals surface area contributed by atoms with Crippen LogP contribution < -0.4 is 10.6 Å². The van der Waals surface area contributed by atoms with Crippen LogP contribution in [0.25, 0.3) is 0 Å². The maximum atomic E-state index is 14.2. The van der Waals surface area contributed by atoms with Crippen molar-refractivity contribution < 1.29 is 14.0 Å². The van der Waals surface area contributed by atoms with Gasteiger partial charge < -0.3 is 5.32 Å². The third-order valence-corrected chi connectivity index (χ3v) is 6.35. The summed E-state index contributed by atoms with van der Waals surface area (Å²) in [6.07, 6.45) is 4.32. The number of hydrogen-bond donors (Lipinski definition) is 2. The van der Waals surface area contributed by atoms with Crippen molar-refractivity contribution in [2.45, 2.75) is 69.2 Å². The van der Waals surface area contributed by atoms with Crippen molar-refractivity contribution in [3.63, 3.8) is 0 Å². The summed E-state index contributed by atoms with van der Waals surface area (Å²) in [7, 11) is 0. The molecule has 2 bridgehead atoms. The van der Waals surface area contributed by atoms with Crippen LogP contribution in [-0.4, -0.2) is 34.8 Å². The van der Waals surface area contributed by atoms with E-state index in [1.165, 1.54) is 12.0 Å². The largest absolute Gasteiger partial charge is 0.311 e. The molecular formula is C19H22FN3O2. The quantitative estimate of drug-likeness (QED) is 0.800. The molecule has 1 aromatic carbocycles. The molecule has 0 radical (unpaired) electrons. The van der Waals surface area contributed by atoms with E-state index >= 15 is 0 Å². The molecule has 1 aliphatic carbocycles. The maximum Gasteiger partial charge on any atom is 0.243 e. The van der Waals surface area contributed by atoms with Gasteiger partial charge in [-0.05, 0) is 60.4 Å². The first-order chi connectivity index (χ1) is 12.1. The van der Waals surface area contributed by atoms with Crippen LogP contribution in [0.15, 0.2) is 12.1 Å². The van der Waals surface area contributed by atoms with Gasteiger partial charge in [0.1, 0.15) is 5.82 Å². The number of halogens is 1. The molecule has 3 unspecified atom stereocenters. The van der Waals surface area contributed by atoms with Crippen LogP contribution in [0.5, 0.6) is 0 Å². The number of carbonyl (C=O) groups is 2. The maximum absolute atomic E-state index is 14.2. The van der Waals surface area contributed by atoms with Crippen LogP contribution in [0.3, 0.4) is 0 Å². The molecule has 3 saturated heterocycles. The number of hydrogen-bond acceptors (Lipinski definition) is 4. The van der Waals surface area contributed by atoms with Crippen molar-refractivity contribution in [3.8, 4) is 0 Å². The molecular weight excluding hydrogens is 321 g/mol. The molecule has 2 amide bonds. The van der Waals surface area contributed by atoms with Gasteiger partial charge in [-0.3, -0.25) is 19.8 Å². The average Bonchev–Trinajstić information content (AvgIpc) is 2.96. The van der Waals surface area contributed by atoms with Crippen molar-refractivity contribution in [3.05, 3.63) is 34.6 Å². The Labute approximate surface area is 146 Å². The summed E-state index contributed by atoms with van der Waals surface area (Å²) >= 11 is 0. The molecule has 0 aromatic heterocycles. The van der Waals surface area contributed by atoms with Crippen molar-refractivity contribution in [1.82, 2.24) is 15.5 Å². The topological polar surface area (TPSA) is 61.4 Å². The lowest BCUT2D eigenvalue weighted by Crippen LogP contribution is -2.57. The van der Waals surface area contributed by atoms with Crippen LogP contribution in [0.2, 0.25) is 0 Å². The number of benzene rings is 1. The minimum Gasteiger partial charge on any atom is -0.311 e. The average molecular weight is 343 g/mol. The monoisotopic (exact) mass is 343 g/mol. The first kappa shape index (κ1) is 15.5. The van der Waals surface area contributed by atoms with Gasteiger partial charge >= 0.3 is 0 Å². The van der Waals surface area contributed by atoms with Gasteiger partial charge in [0, 0.05) is 31.6 Å². The Bertz CT molecular complexity index is 749. The van der Waals surface area contributed by atoms with E-state index in [1.807, 2.05) is 0 Å². The summed E-state index contributed by atoms with van der Waals surface area (Å²) in [5.41, 5.74) is 3.35. The lowest BCUT2D eigenvalue weighted by molar-refractivity contribution is -0.137. The zero-order valence-corrected chi connectivity index (χ0v) is 14.1. The molecule has 2 N–H and O–H groups in total. The molecule has 0 spiro atoms. The molecule has 4 heterocycles. The number of nitrogens with one attached hydrogen (secondary N) is 2. The Hall–Kier alpha value is -1.79. The second-order valence-corrected chi connectivity index (χ2v) is 7.97. The highest BCUT2D eigenvalue weighted by atomic mass is 19.1. The Morgan fingerprint density at radius 3 is 2.56 bits per heavy atom. The van der Waals surface area contributed by atoms with Crippen molar-refractivity contribution in [1.29, 1.82) is 0 Å². The zero-order valence-electron chi connectivity index (χ0n) is 14.1. The smallest absolute Gasteiger partial charge is 0.243 e. The second kappa shape index (κ2) is 5.61. The van der Waals surface area contributed by atoms with Crippen LogP contribution in [0.4, 0.5) is 4.39 Å². The molecule has 6 heteroatoms. The molecule has 3 atom stereocenters. The predicted octanol–water partition coefficient (Wildman–Crippen LogP) is 1.55. The Kier molecular flexibility index (Phi) is 3.47. The SMILES string of the molecule is O=C1CCC(N2Cc3cc(F)cc(C4CC5CC(C4)N5)c3C2)C(=O)N1.